The van der Waals surface area contributed by atoms with Gasteiger partial charge in [0.25, 0.3) is 11.5 Å². The highest BCUT2D eigenvalue weighted by atomic mass is 19.1. The van der Waals surface area contributed by atoms with Crippen molar-refractivity contribution in [3.8, 4) is 17.2 Å². The molecule has 1 fully saturated rings. The van der Waals surface area contributed by atoms with Gasteiger partial charge in [0.2, 0.25) is 0 Å². The number of hydrogen-bond donors (Lipinski definition) is 3. The number of piperidine rings is 1. The predicted octanol–water partition coefficient (Wildman–Crippen LogP) is 4.35. The molecule has 0 unspecified atom stereocenters. The van der Waals surface area contributed by atoms with Crippen molar-refractivity contribution in [3.05, 3.63) is 94.5 Å². The lowest BCUT2D eigenvalue weighted by Crippen LogP contribution is -2.51. The SMILES string of the molecule is CCN(c1n[nH]c2nccc(Oc3ccc(NC(=O)c4ccnn(-c5ccc(F)cc5)c4=O)cc3F)c12)[C@@H]1CCNC[C@@H]1F. The molecule has 44 heavy (non-hydrogen) atoms. The monoisotopic (exact) mass is 604 g/mol. The van der Waals surface area contributed by atoms with Gasteiger partial charge in [-0.05, 0) is 62.4 Å². The van der Waals surface area contributed by atoms with Crippen LogP contribution in [0, 0.1) is 11.6 Å². The summed E-state index contributed by atoms with van der Waals surface area (Å²) in [4.78, 5) is 32.0. The second kappa shape index (κ2) is 12.2. The Kier molecular flexibility index (Phi) is 7.98. The number of nitrogens with one attached hydrogen (secondary N) is 3. The molecule has 0 spiro atoms. The molecule has 2 atom stereocenters. The normalized spacial score (nSPS) is 16.5. The van der Waals surface area contributed by atoms with Gasteiger partial charge < -0.3 is 20.3 Å². The number of aromatic nitrogens is 5. The van der Waals surface area contributed by atoms with Crippen LogP contribution in [-0.2, 0) is 0 Å². The number of anilines is 2. The molecule has 0 saturated carbocycles. The van der Waals surface area contributed by atoms with E-state index in [-0.39, 0.29) is 35.0 Å². The number of carbonyl (C=O) groups excluding carboxylic acids is 1. The van der Waals surface area contributed by atoms with Crippen LogP contribution in [0.5, 0.6) is 11.5 Å². The number of H-pyrrole nitrogens is 1. The Morgan fingerprint density at radius 2 is 1.93 bits per heavy atom. The van der Waals surface area contributed by atoms with Crippen molar-refractivity contribution in [3.63, 3.8) is 0 Å². The quantitative estimate of drug-likeness (QED) is 0.238. The fraction of sp³-hybridized carbons (Fsp3) is 0.233. The van der Waals surface area contributed by atoms with E-state index in [1.54, 1.807) is 6.07 Å². The second-order valence-corrected chi connectivity index (χ2v) is 10.1. The summed E-state index contributed by atoms with van der Waals surface area (Å²) in [6, 6.07) is 11.3. The van der Waals surface area contributed by atoms with E-state index < -0.39 is 35.3 Å². The van der Waals surface area contributed by atoms with E-state index in [1.165, 1.54) is 54.9 Å². The van der Waals surface area contributed by atoms with Gasteiger partial charge in [-0.3, -0.25) is 14.7 Å². The summed E-state index contributed by atoms with van der Waals surface area (Å²) in [5.74, 6) is -1.49. The molecule has 226 valence electrons. The van der Waals surface area contributed by atoms with Crippen LogP contribution in [0.3, 0.4) is 0 Å². The van der Waals surface area contributed by atoms with Crippen LogP contribution in [0.1, 0.15) is 23.7 Å². The van der Waals surface area contributed by atoms with Crippen LogP contribution in [-0.4, -0.2) is 62.7 Å². The van der Waals surface area contributed by atoms with Crippen LogP contribution in [0.2, 0.25) is 0 Å². The lowest BCUT2D eigenvalue weighted by molar-refractivity contribution is 0.102. The summed E-state index contributed by atoms with van der Waals surface area (Å²) in [6.45, 7) is 3.30. The molecule has 0 aliphatic carbocycles. The van der Waals surface area contributed by atoms with Gasteiger partial charge in [0.05, 0.1) is 11.7 Å². The molecule has 1 aliphatic rings. The van der Waals surface area contributed by atoms with Crippen molar-refractivity contribution in [2.24, 2.45) is 0 Å². The third-order valence-electron chi connectivity index (χ3n) is 7.36. The van der Waals surface area contributed by atoms with E-state index in [4.69, 9.17) is 4.74 Å². The minimum atomic E-state index is -1.10. The summed E-state index contributed by atoms with van der Waals surface area (Å²) in [7, 11) is 0. The Balaban J connectivity index is 1.24. The average Bonchev–Trinajstić information content (AvgIpc) is 3.45. The summed E-state index contributed by atoms with van der Waals surface area (Å²) in [6.07, 6.45) is 2.23. The molecule has 3 aromatic heterocycles. The number of hydrogen-bond acceptors (Lipinski definition) is 8. The molecule has 4 heterocycles. The van der Waals surface area contributed by atoms with Gasteiger partial charge >= 0.3 is 0 Å². The Morgan fingerprint density at radius 3 is 2.68 bits per heavy atom. The van der Waals surface area contributed by atoms with E-state index in [0.717, 1.165) is 10.7 Å². The van der Waals surface area contributed by atoms with Crippen LogP contribution >= 0.6 is 0 Å². The van der Waals surface area contributed by atoms with Crippen molar-refractivity contribution in [2.45, 2.75) is 25.6 Å². The average molecular weight is 605 g/mol. The summed E-state index contributed by atoms with van der Waals surface area (Å²) >= 11 is 0. The zero-order valence-corrected chi connectivity index (χ0v) is 23.4. The third kappa shape index (κ3) is 5.58. The van der Waals surface area contributed by atoms with E-state index in [0.29, 0.717) is 36.4 Å². The molecular formula is C30H27F3N8O3. The molecule has 1 amide bonds. The largest absolute Gasteiger partial charge is 0.453 e. The molecule has 11 nitrogen and oxygen atoms in total. The summed E-state index contributed by atoms with van der Waals surface area (Å²) in [5, 5.41) is 17.2. The van der Waals surface area contributed by atoms with Gasteiger partial charge in [-0.1, -0.05) is 0 Å². The number of alkyl halides is 1. The van der Waals surface area contributed by atoms with Crippen LogP contribution in [0.15, 0.2) is 71.8 Å². The van der Waals surface area contributed by atoms with Crippen molar-refractivity contribution < 1.29 is 22.7 Å². The van der Waals surface area contributed by atoms with E-state index in [1.807, 2.05) is 11.8 Å². The van der Waals surface area contributed by atoms with E-state index in [2.05, 4.69) is 30.9 Å². The number of ether oxygens (including phenoxy) is 1. The Hall–Kier alpha value is -5.24. The molecule has 2 aromatic carbocycles. The molecule has 5 aromatic rings. The van der Waals surface area contributed by atoms with E-state index >= 15 is 4.39 Å². The number of carbonyl (C=O) groups is 1. The Labute approximate surface area is 248 Å². The van der Waals surface area contributed by atoms with Crippen molar-refractivity contribution in [1.29, 1.82) is 0 Å². The highest BCUT2D eigenvalue weighted by molar-refractivity contribution is 6.04. The minimum Gasteiger partial charge on any atom is -0.453 e. The second-order valence-electron chi connectivity index (χ2n) is 10.1. The summed E-state index contributed by atoms with van der Waals surface area (Å²) in [5.41, 5.74) is -0.244. The Bertz CT molecular complexity index is 1880. The fourth-order valence-electron chi connectivity index (χ4n) is 5.23. The number of aromatic amines is 1. The number of fused-ring (bicyclic) bond motifs is 1. The van der Waals surface area contributed by atoms with Crippen LogP contribution < -0.4 is 25.8 Å². The predicted molar refractivity (Wildman–Crippen MR) is 157 cm³/mol. The smallest absolute Gasteiger partial charge is 0.284 e. The lowest BCUT2D eigenvalue weighted by atomic mass is 10.0. The number of pyridine rings is 1. The minimum absolute atomic E-state index is 0.0744. The van der Waals surface area contributed by atoms with Crippen molar-refractivity contribution in [2.75, 3.05) is 29.9 Å². The zero-order chi connectivity index (χ0) is 30.8. The number of nitrogens with zero attached hydrogens (tertiary/aromatic N) is 5. The standard InChI is InChI=1S/C30H27F3N8O3/c1-2-40(23-10-12-34-16-22(23)33)28-26-25(11-13-35-27(26)38-39-28)44-24-8-5-18(15-21(24)32)37-29(42)20-9-14-36-41(30(20)43)19-6-3-17(31)4-7-19/h3-9,11,13-15,22-23,34H,2,10,12,16H2,1H3,(H,37,42)(H,35,38,39)/t22-,23+/m0/s1. The van der Waals surface area contributed by atoms with E-state index in [9.17, 15) is 18.4 Å². The molecule has 6 rings (SSSR count). The highest BCUT2D eigenvalue weighted by Crippen LogP contribution is 2.37. The first-order valence-corrected chi connectivity index (χ1v) is 13.9. The Morgan fingerprint density at radius 1 is 1.11 bits per heavy atom. The van der Waals surface area contributed by atoms with Gasteiger partial charge in [-0.25, -0.2) is 18.2 Å². The maximum Gasteiger partial charge on any atom is 0.284 e. The molecule has 3 N–H and O–H groups in total. The molecule has 1 aliphatic heterocycles. The molecule has 1 saturated heterocycles. The first-order valence-electron chi connectivity index (χ1n) is 13.9. The van der Waals surface area contributed by atoms with Crippen LogP contribution in [0.4, 0.5) is 24.7 Å². The van der Waals surface area contributed by atoms with Gasteiger partial charge in [-0.15, -0.1) is 0 Å². The first-order chi connectivity index (χ1) is 21.3. The zero-order valence-electron chi connectivity index (χ0n) is 23.4. The number of rotatable bonds is 8. The first kappa shape index (κ1) is 28.9. The van der Waals surface area contributed by atoms with Gasteiger partial charge in [0.1, 0.15) is 28.7 Å². The topological polar surface area (TPSA) is 130 Å². The van der Waals surface area contributed by atoms with Gasteiger partial charge in [0.15, 0.2) is 23.0 Å². The molecule has 0 radical (unpaired) electrons. The highest BCUT2D eigenvalue weighted by Gasteiger charge is 2.32. The number of halogens is 3. The van der Waals surface area contributed by atoms with Crippen LogP contribution in [0.25, 0.3) is 16.7 Å². The van der Waals surface area contributed by atoms with Gasteiger partial charge in [-0.2, -0.15) is 14.9 Å². The lowest BCUT2D eigenvalue weighted by Gasteiger charge is -2.36. The number of benzene rings is 2. The molecular weight excluding hydrogens is 577 g/mol. The number of amides is 1. The molecule has 14 heteroatoms. The van der Waals surface area contributed by atoms with Crippen molar-refractivity contribution >= 4 is 28.4 Å². The third-order valence-corrected chi connectivity index (χ3v) is 7.36. The maximum absolute atomic E-state index is 15.3. The van der Waals surface area contributed by atoms with Crippen molar-refractivity contribution in [1.82, 2.24) is 30.3 Å². The fourth-order valence-corrected chi connectivity index (χ4v) is 5.23. The summed E-state index contributed by atoms with van der Waals surface area (Å²) < 4.78 is 50.4. The maximum atomic E-state index is 15.3. The van der Waals surface area contributed by atoms with Gasteiger partial charge in [0, 0.05) is 43.3 Å². The molecule has 0 bridgehead atoms.